The minimum Gasteiger partial charge on any atom is -0.341 e. The maximum absolute atomic E-state index is 11.9. The molecule has 116 valence electrons. The van der Waals surface area contributed by atoms with E-state index in [0.29, 0.717) is 24.8 Å². The molecule has 1 aliphatic heterocycles. The molecule has 0 spiro atoms. The van der Waals surface area contributed by atoms with E-state index in [4.69, 9.17) is 16.1 Å². The van der Waals surface area contributed by atoms with Gasteiger partial charge in [0, 0.05) is 24.6 Å². The molecule has 6 heteroatoms. The van der Waals surface area contributed by atoms with Crippen LogP contribution >= 0.6 is 11.6 Å². The second-order valence-electron chi connectivity index (χ2n) is 5.54. The van der Waals surface area contributed by atoms with Crippen molar-refractivity contribution < 1.29 is 9.32 Å². The highest BCUT2D eigenvalue weighted by atomic mass is 35.5. The molecule has 5 nitrogen and oxygen atoms in total. The maximum Gasteiger partial charge on any atom is 0.240 e. The monoisotopic (exact) mass is 319 g/mol. The number of halogens is 1. The van der Waals surface area contributed by atoms with Crippen LogP contribution in [0.1, 0.15) is 31.6 Å². The molecule has 0 radical (unpaired) electrons. The highest BCUT2D eigenvalue weighted by molar-refractivity contribution is 6.30. The molecule has 1 fully saturated rings. The highest BCUT2D eigenvalue weighted by Gasteiger charge is 2.28. The minimum absolute atomic E-state index is 0.00406. The lowest BCUT2D eigenvalue weighted by atomic mass is 9.96. The first-order valence-corrected chi connectivity index (χ1v) is 7.90. The predicted molar refractivity (Wildman–Crippen MR) is 83.6 cm³/mol. The molecule has 0 unspecified atom stereocenters. The average molecular weight is 320 g/mol. The molecule has 0 N–H and O–H groups in total. The van der Waals surface area contributed by atoms with Gasteiger partial charge < -0.3 is 9.42 Å². The molecule has 0 saturated carbocycles. The van der Waals surface area contributed by atoms with Crippen LogP contribution in [-0.4, -0.2) is 39.4 Å². The van der Waals surface area contributed by atoms with Gasteiger partial charge in [-0.1, -0.05) is 35.5 Å². The summed E-state index contributed by atoms with van der Waals surface area (Å²) in [4.78, 5) is 18.2. The number of carbonyl (C=O) groups excluding carboxylic acids is 1. The van der Waals surface area contributed by atoms with Gasteiger partial charge in [0.05, 0.1) is 0 Å². The van der Waals surface area contributed by atoms with Crippen molar-refractivity contribution in [3.8, 4) is 11.4 Å². The normalized spacial score (nSPS) is 17.5. The van der Waals surface area contributed by atoms with E-state index < -0.39 is 5.38 Å². The number of nitrogens with zero attached hydrogens (tertiary/aromatic N) is 3. The van der Waals surface area contributed by atoms with E-state index >= 15 is 0 Å². The molecule has 2 aromatic rings. The molecule has 22 heavy (non-hydrogen) atoms. The van der Waals surface area contributed by atoms with Gasteiger partial charge in [-0.25, -0.2) is 0 Å². The zero-order valence-corrected chi connectivity index (χ0v) is 13.2. The van der Waals surface area contributed by atoms with Crippen molar-refractivity contribution in [1.29, 1.82) is 0 Å². The van der Waals surface area contributed by atoms with Gasteiger partial charge in [0.2, 0.25) is 17.6 Å². The van der Waals surface area contributed by atoms with Crippen LogP contribution in [0, 0.1) is 0 Å². The largest absolute Gasteiger partial charge is 0.341 e. The Hall–Kier alpha value is -1.88. The van der Waals surface area contributed by atoms with Crippen LogP contribution in [0.4, 0.5) is 0 Å². The summed E-state index contributed by atoms with van der Waals surface area (Å²) in [5.41, 5.74) is 0.945. The van der Waals surface area contributed by atoms with Crippen LogP contribution < -0.4 is 0 Å². The number of hydrogen-bond donors (Lipinski definition) is 0. The van der Waals surface area contributed by atoms with Crippen LogP contribution in [0.3, 0.4) is 0 Å². The molecule has 0 aliphatic carbocycles. The van der Waals surface area contributed by atoms with Gasteiger partial charge >= 0.3 is 0 Å². The number of aromatic nitrogens is 2. The number of rotatable bonds is 3. The van der Waals surface area contributed by atoms with Crippen molar-refractivity contribution in [2.24, 2.45) is 0 Å². The lowest BCUT2D eigenvalue weighted by molar-refractivity contribution is -0.131. The van der Waals surface area contributed by atoms with Gasteiger partial charge in [0.15, 0.2) is 0 Å². The fourth-order valence-corrected chi connectivity index (χ4v) is 2.84. The summed E-state index contributed by atoms with van der Waals surface area (Å²) >= 11 is 5.85. The summed E-state index contributed by atoms with van der Waals surface area (Å²) < 4.78 is 5.41. The third-order valence-corrected chi connectivity index (χ3v) is 4.16. The predicted octanol–water partition coefficient (Wildman–Crippen LogP) is 3.07. The number of alkyl halides is 1. The van der Waals surface area contributed by atoms with Crippen LogP contribution in [0.5, 0.6) is 0 Å². The third-order valence-electron chi connectivity index (χ3n) is 3.97. The average Bonchev–Trinajstić information content (AvgIpc) is 3.05. The van der Waals surface area contributed by atoms with E-state index in [1.54, 1.807) is 6.92 Å². The Bertz CT molecular complexity index is 634. The first kappa shape index (κ1) is 15.0. The van der Waals surface area contributed by atoms with Crippen LogP contribution in [0.25, 0.3) is 11.4 Å². The van der Waals surface area contributed by atoms with Crippen molar-refractivity contribution in [3.05, 3.63) is 36.2 Å². The first-order chi connectivity index (χ1) is 10.6. The van der Waals surface area contributed by atoms with Gasteiger partial charge in [0.1, 0.15) is 5.38 Å². The topological polar surface area (TPSA) is 59.2 Å². The smallest absolute Gasteiger partial charge is 0.240 e. The third kappa shape index (κ3) is 3.14. The molecule has 0 bridgehead atoms. The Morgan fingerprint density at radius 1 is 1.32 bits per heavy atom. The Kier molecular flexibility index (Phi) is 4.43. The SMILES string of the molecule is C[C@H](Cl)C(=O)N1CCC(c2nc(-c3ccccc3)no2)CC1. The van der Waals surface area contributed by atoms with Crippen molar-refractivity contribution in [2.75, 3.05) is 13.1 Å². The molecule has 3 rings (SSSR count). The van der Waals surface area contributed by atoms with Gasteiger partial charge in [-0.3, -0.25) is 4.79 Å². The summed E-state index contributed by atoms with van der Waals surface area (Å²) in [6.07, 6.45) is 1.65. The van der Waals surface area contributed by atoms with Crippen molar-refractivity contribution in [3.63, 3.8) is 0 Å². The molecule has 1 amide bonds. The number of carbonyl (C=O) groups is 1. The minimum atomic E-state index is -0.468. The number of likely N-dealkylation sites (tertiary alicyclic amines) is 1. The van der Waals surface area contributed by atoms with Crippen molar-refractivity contribution in [2.45, 2.75) is 31.1 Å². The van der Waals surface area contributed by atoms with E-state index in [9.17, 15) is 4.79 Å². The highest BCUT2D eigenvalue weighted by Crippen LogP contribution is 2.28. The number of benzene rings is 1. The fourth-order valence-electron chi connectivity index (χ4n) is 2.70. The summed E-state index contributed by atoms with van der Waals surface area (Å²) in [5.74, 6) is 1.48. The fraction of sp³-hybridized carbons (Fsp3) is 0.438. The summed E-state index contributed by atoms with van der Waals surface area (Å²) in [5, 5.41) is 3.59. The van der Waals surface area contributed by atoms with E-state index in [1.807, 2.05) is 35.2 Å². The van der Waals surface area contributed by atoms with Crippen molar-refractivity contribution in [1.82, 2.24) is 15.0 Å². The van der Waals surface area contributed by atoms with Gasteiger partial charge in [-0.15, -0.1) is 11.6 Å². The Morgan fingerprint density at radius 3 is 2.64 bits per heavy atom. The van der Waals surface area contributed by atoms with E-state index in [2.05, 4.69) is 10.1 Å². The molecule has 1 aromatic heterocycles. The van der Waals surface area contributed by atoms with Gasteiger partial charge in [0.25, 0.3) is 0 Å². The number of piperidine rings is 1. The Morgan fingerprint density at radius 2 is 2.00 bits per heavy atom. The van der Waals surface area contributed by atoms with Crippen LogP contribution in [0.2, 0.25) is 0 Å². The number of amides is 1. The van der Waals surface area contributed by atoms with Gasteiger partial charge in [-0.05, 0) is 19.8 Å². The first-order valence-electron chi connectivity index (χ1n) is 7.47. The zero-order valence-electron chi connectivity index (χ0n) is 12.4. The van der Waals surface area contributed by atoms with Crippen molar-refractivity contribution >= 4 is 17.5 Å². The summed E-state index contributed by atoms with van der Waals surface area (Å²) in [6.45, 7) is 3.08. The second kappa shape index (κ2) is 6.48. The molecule has 1 saturated heterocycles. The molecule has 1 atom stereocenters. The quantitative estimate of drug-likeness (QED) is 0.816. The number of hydrogen-bond acceptors (Lipinski definition) is 4. The van der Waals surface area contributed by atoms with Crippen LogP contribution in [0.15, 0.2) is 34.9 Å². The van der Waals surface area contributed by atoms with E-state index in [0.717, 1.165) is 18.4 Å². The standard InChI is InChI=1S/C16H18ClN3O2/c1-11(17)16(21)20-9-7-13(8-10-20)15-18-14(19-22-15)12-5-3-2-4-6-12/h2-6,11,13H,7-10H2,1H3/t11-/m0/s1. The lowest BCUT2D eigenvalue weighted by Crippen LogP contribution is -2.41. The van der Waals surface area contributed by atoms with E-state index in [1.165, 1.54) is 0 Å². The van der Waals surface area contributed by atoms with E-state index in [-0.39, 0.29) is 11.8 Å². The van der Waals surface area contributed by atoms with Crippen LogP contribution in [-0.2, 0) is 4.79 Å². The van der Waals surface area contributed by atoms with Gasteiger partial charge in [-0.2, -0.15) is 4.98 Å². The second-order valence-corrected chi connectivity index (χ2v) is 6.19. The zero-order chi connectivity index (χ0) is 15.5. The molecular formula is C16H18ClN3O2. The maximum atomic E-state index is 11.9. The molecular weight excluding hydrogens is 302 g/mol. The summed E-state index contributed by atoms with van der Waals surface area (Å²) in [7, 11) is 0. The molecule has 2 heterocycles. The molecule has 1 aliphatic rings. The summed E-state index contributed by atoms with van der Waals surface area (Å²) in [6, 6.07) is 9.76. The Labute approximate surface area is 134 Å². The Balaban J connectivity index is 1.65. The lowest BCUT2D eigenvalue weighted by Gasteiger charge is -2.31. The molecule has 1 aromatic carbocycles.